The Morgan fingerprint density at radius 3 is 2.59 bits per heavy atom. The number of amides is 4. The first-order chi connectivity index (χ1) is 16.3. The lowest BCUT2D eigenvalue weighted by atomic mass is 9.77. The average Bonchev–Trinajstić information content (AvgIpc) is 3.11. The SMILES string of the molecule is O=C1NC(=O)C2(CCCCC2NC(=O)c2ccc(CN3CCS(=O)(=O)c4ccccc43)cc2)N1. The van der Waals surface area contributed by atoms with E-state index in [0.717, 1.165) is 18.4 Å². The summed E-state index contributed by atoms with van der Waals surface area (Å²) in [5, 5.41) is 7.98. The minimum atomic E-state index is -3.27. The number of rotatable bonds is 4. The fourth-order valence-electron chi connectivity index (χ4n) is 5.12. The number of anilines is 1. The van der Waals surface area contributed by atoms with Gasteiger partial charge < -0.3 is 15.5 Å². The Balaban J connectivity index is 1.29. The normalized spacial score (nSPS) is 25.4. The third kappa shape index (κ3) is 3.91. The van der Waals surface area contributed by atoms with Crippen LogP contribution in [0.3, 0.4) is 0 Å². The van der Waals surface area contributed by atoms with Gasteiger partial charge in [0.05, 0.1) is 22.4 Å². The van der Waals surface area contributed by atoms with Crippen LogP contribution in [0.2, 0.25) is 0 Å². The van der Waals surface area contributed by atoms with Crippen LogP contribution in [0.15, 0.2) is 53.4 Å². The van der Waals surface area contributed by atoms with Gasteiger partial charge in [-0.25, -0.2) is 13.2 Å². The highest BCUT2D eigenvalue weighted by atomic mass is 32.2. The first kappa shape index (κ1) is 22.4. The van der Waals surface area contributed by atoms with Crippen LogP contribution in [0, 0.1) is 0 Å². The molecule has 2 atom stereocenters. The number of fused-ring (bicyclic) bond motifs is 1. The molecule has 9 nitrogen and oxygen atoms in total. The van der Waals surface area contributed by atoms with E-state index in [1.807, 2.05) is 29.2 Å². The van der Waals surface area contributed by atoms with E-state index in [1.165, 1.54) is 0 Å². The molecule has 5 rings (SSSR count). The number of para-hydroxylation sites is 1. The number of carbonyl (C=O) groups is 3. The second-order valence-corrected chi connectivity index (χ2v) is 11.1. The molecule has 1 saturated carbocycles. The van der Waals surface area contributed by atoms with Crippen LogP contribution >= 0.6 is 0 Å². The molecular weight excluding hydrogens is 456 g/mol. The highest BCUT2D eigenvalue weighted by molar-refractivity contribution is 7.91. The highest BCUT2D eigenvalue weighted by Gasteiger charge is 2.53. The van der Waals surface area contributed by atoms with Gasteiger partial charge in [0.2, 0.25) is 0 Å². The molecule has 1 aliphatic carbocycles. The standard InChI is InChI=1S/C24H26N4O5S/c29-21(25-20-7-3-4-12-24(20)22(30)26-23(31)27-24)17-10-8-16(9-11-17)15-28-13-14-34(32,33)19-6-2-1-5-18(19)28/h1-2,5-6,8-11,20H,3-4,7,12-15H2,(H,25,29)(H2,26,27,30,31). The molecule has 1 saturated heterocycles. The Bertz CT molecular complexity index is 1260. The van der Waals surface area contributed by atoms with Crippen LogP contribution in [0.4, 0.5) is 10.5 Å². The van der Waals surface area contributed by atoms with Crippen molar-refractivity contribution in [2.24, 2.45) is 0 Å². The number of imide groups is 1. The molecule has 4 amide bonds. The largest absolute Gasteiger partial charge is 0.365 e. The lowest BCUT2D eigenvalue weighted by Crippen LogP contribution is -2.63. The first-order valence-electron chi connectivity index (χ1n) is 11.4. The van der Waals surface area contributed by atoms with Crippen molar-refractivity contribution in [3.8, 4) is 0 Å². The van der Waals surface area contributed by atoms with Crippen molar-refractivity contribution in [3.63, 3.8) is 0 Å². The number of hydrogen-bond donors (Lipinski definition) is 3. The van der Waals surface area contributed by atoms with E-state index in [4.69, 9.17) is 0 Å². The van der Waals surface area contributed by atoms with Gasteiger partial charge in [0.25, 0.3) is 11.8 Å². The monoisotopic (exact) mass is 482 g/mol. The van der Waals surface area contributed by atoms with E-state index in [1.54, 1.807) is 24.3 Å². The van der Waals surface area contributed by atoms with E-state index in [-0.39, 0.29) is 17.6 Å². The Labute approximate surface area is 197 Å². The third-order valence-corrected chi connectivity index (χ3v) is 8.68. The van der Waals surface area contributed by atoms with Gasteiger partial charge in [-0.15, -0.1) is 0 Å². The Morgan fingerprint density at radius 1 is 1.09 bits per heavy atom. The van der Waals surface area contributed by atoms with Crippen molar-refractivity contribution in [2.45, 2.75) is 48.7 Å². The van der Waals surface area contributed by atoms with Gasteiger partial charge in [-0.05, 0) is 42.7 Å². The maximum atomic E-state index is 12.9. The second kappa shape index (κ2) is 8.43. The molecule has 1 spiro atoms. The summed E-state index contributed by atoms with van der Waals surface area (Å²) >= 11 is 0. The fourth-order valence-corrected chi connectivity index (χ4v) is 6.61. The molecule has 2 fully saturated rings. The quantitative estimate of drug-likeness (QED) is 0.570. The molecule has 10 heteroatoms. The molecule has 2 heterocycles. The predicted molar refractivity (Wildman–Crippen MR) is 125 cm³/mol. The van der Waals surface area contributed by atoms with Gasteiger partial charge in [-0.2, -0.15) is 0 Å². The molecule has 0 radical (unpaired) electrons. The molecule has 2 aromatic rings. The van der Waals surface area contributed by atoms with E-state index in [0.29, 0.717) is 42.1 Å². The maximum absolute atomic E-state index is 12.9. The van der Waals surface area contributed by atoms with Crippen molar-refractivity contribution in [1.29, 1.82) is 0 Å². The summed E-state index contributed by atoms with van der Waals surface area (Å²) in [4.78, 5) is 39.5. The number of hydrogen-bond acceptors (Lipinski definition) is 6. The van der Waals surface area contributed by atoms with E-state index in [2.05, 4.69) is 16.0 Å². The highest BCUT2D eigenvalue weighted by Crippen LogP contribution is 2.32. The zero-order valence-electron chi connectivity index (χ0n) is 18.5. The number of carbonyl (C=O) groups excluding carboxylic acids is 3. The minimum absolute atomic E-state index is 0.0672. The van der Waals surface area contributed by atoms with Gasteiger partial charge >= 0.3 is 6.03 Å². The fraction of sp³-hybridized carbons (Fsp3) is 0.375. The maximum Gasteiger partial charge on any atom is 0.322 e. The summed E-state index contributed by atoms with van der Waals surface area (Å²) in [5.41, 5.74) is 1.00. The van der Waals surface area contributed by atoms with Gasteiger partial charge in [0, 0.05) is 18.7 Å². The number of benzene rings is 2. The molecule has 2 unspecified atom stereocenters. The molecule has 2 aromatic carbocycles. The topological polar surface area (TPSA) is 125 Å². The molecular formula is C24H26N4O5S. The predicted octanol–water partition coefficient (Wildman–Crippen LogP) is 1.73. The number of urea groups is 1. The zero-order valence-corrected chi connectivity index (χ0v) is 19.4. The summed E-state index contributed by atoms with van der Waals surface area (Å²) in [6.07, 6.45) is 2.76. The van der Waals surface area contributed by atoms with Crippen LogP contribution in [-0.4, -0.2) is 50.1 Å². The van der Waals surface area contributed by atoms with Crippen LogP contribution in [0.5, 0.6) is 0 Å². The first-order valence-corrected chi connectivity index (χ1v) is 13.0. The van der Waals surface area contributed by atoms with Crippen molar-refractivity contribution < 1.29 is 22.8 Å². The summed E-state index contributed by atoms with van der Waals surface area (Å²) in [6, 6.07) is 13.1. The van der Waals surface area contributed by atoms with Crippen molar-refractivity contribution in [3.05, 3.63) is 59.7 Å². The van der Waals surface area contributed by atoms with Crippen molar-refractivity contribution in [2.75, 3.05) is 17.2 Å². The summed E-state index contributed by atoms with van der Waals surface area (Å²) in [5.74, 6) is -0.625. The molecule has 3 aliphatic rings. The lowest BCUT2D eigenvalue weighted by Gasteiger charge is -2.38. The smallest absolute Gasteiger partial charge is 0.322 e. The lowest BCUT2D eigenvalue weighted by molar-refractivity contribution is -0.125. The molecule has 178 valence electrons. The molecule has 2 aliphatic heterocycles. The third-order valence-electron chi connectivity index (χ3n) is 6.94. The van der Waals surface area contributed by atoms with Gasteiger partial charge in [0.15, 0.2) is 9.84 Å². The van der Waals surface area contributed by atoms with Gasteiger partial charge in [0.1, 0.15) is 5.54 Å². The Hall–Kier alpha value is -3.40. The summed E-state index contributed by atoms with van der Waals surface area (Å²) in [7, 11) is -3.27. The Morgan fingerprint density at radius 2 is 1.85 bits per heavy atom. The van der Waals surface area contributed by atoms with Crippen molar-refractivity contribution in [1.82, 2.24) is 16.0 Å². The molecule has 0 bridgehead atoms. The molecule has 3 N–H and O–H groups in total. The average molecular weight is 483 g/mol. The minimum Gasteiger partial charge on any atom is -0.365 e. The van der Waals surface area contributed by atoms with E-state index in [9.17, 15) is 22.8 Å². The Kier molecular flexibility index (Phi) is 5.55. The molecule has 34 heavy (non-hydrogen) atoms. The zero-order chi connectivity index (χ0) is 23.9. The van der Waals surface area contributed by atoms with E-state index >= 15 is 0 Å². The van der Waals surface area contributed by atoms with E-state index < -0.39 is 27.4 Å². The van der Waals surface area contributed by atoms with Crippen LogP contribution in [0.1, 0.15) is 41.6 Å². The van der Waals surface area contributed by atoms with Gasteiger partial charge in [-0.1, -0.05) is 37.1 Å². The van der Waals surface area contributed by atoms with Gasteiger partial charge in [-0.3, -0.25) is 14.9 Å². The summed E-state index contributed by atoms with van der Waals surface area (Å²) < 4.78 is 24.7. The molecule has 0 aromatic heterocycles. The van der Waals surface area contributed by atoms with Crippen LogP contribution in [0.25, 0.3) is 0 Å². The van der Waals surface area contributed by atoms with Crippen molar-refractivity contribution >= 4 is 33.4 Å². The number of nitrogens with zero attached hydrogens (tertiary/aromatic N) is 1. The number of nitrogens with one attached hydrogen (secondary N) is 3. The van der Waals surface area contributed by atoms with Crippen LogP contribution in [-0.2, 0) is 21.2 Å². The summed E-state index contributed by atoms with van der Waals surface area (Å²) in [6.45, 7) is 0.922. The second-order valence-electron chi connectivity index (χ2n) is 9.06. The van der Waals surface area contributed by atoms with Crippen LogP contribution < -0.4 is 20.9 Å². The number of sulfone groups is 1.